The Kier molecular flexibility index (Phi) is 5.12. The quantitative estimate of drug-likeness (QED) is 0.483. The average Bonchev–Trinajstić information content (AvgIpc) is 3.31. The van der Waals surface area contributed by atoms with E-state index in [2.05, 4.69) is 15.5 Å². The molecular weight excluding hydrogens is 379 g/mol. The van der Waals surface area contributed by atoms with Crippen molar-refractivity contribution in [1.82, 2.24) is 14.8 Å². The Morgan fingerprint density at radius 1 is 1.18 bits per heavy atom. The third-order valence-corrected chi connectivity index (χ3v) is 5.13. The highest BCUT2D eigenvalue weighted by Crippen LogP contribution is 2.29. The standard InChI is InChI=1S/C20H17FN4O2S/c1-2-25-19(17-11-13-7-3-6-10-16(13)27-17)23-24-20(25)28-12-18(26)22-15-9-5-4-8-14(15)21/h3-11H,2,12H2,1H3,(H,22,26). The van der Waals surface area contributed by atoms with E-state index in [9.17, 15) is 9.18 Å². The Hall–Kier alpha value is -3.13. The lowest BCUT2D eigenvalue weighted by atomic mass is 10.2. The van der Waals surface area contributed by atoms with Crippen molar-refractivity contribution in [3.63, 3.8) is 0 Å². The van der Waals surface area contributed by atoms with Crippen LogP contribution in [-0.4, -0.2) is 26.4 Å². The smallest absolute Gasteiger partial charge is 0.234 e. The average molecular weight is 396 g/mol. The number of carbonyl (C=O) groups excluding carboxylic acids is 1. The second-order valence-corrected chi connectivity index (χ2v) is 6.96. The van der Waals surface area contributed by atoms with Gasteiger partial charge in [0, 0.05) is 11.9 Å². The Labute approximate surface area is 164 Å². The van der Waals surface area contributed by atoms with E-state index in [4.69, 9.17) is 4.42 Å². The lowest BCUT2D eigenvalue weighted by Crippen LogP contribution is -2.15. The Balaban J connectivity index is 1.50. The first-order valence-electron chi connectivity index (χ1n) is 8.75. The van der Waals surface area contributed by atoms with Crippen LogP contribution in [0.2, 0.25) is 0 Å². The number of carbonyl (C=O) groups is 1. The Morgan fingerprint density at radius 3 is 2.75 bits per heavy atom. The number of aromatic nitrogens is 3. The first-order valence-corrected chi connectivity index (χ1v) is 9.73. The zero-order chi connectivity index (χ0) is 19.5. The molecule has 0 aliphatic heterocycles. The normalized spacial score (nSPS) is 11.1. The number of amides is 1. The number of para-hydroxylation sites is 2. The van der Waals surface area contributed by atoms with Gasteiger partial charge in [-0.3, -0.25) is 9.36 Å². The monoisotopic (exact) mass is 396 g/mol. The summed E-state index contributed by atoms with van der Waals surface area (Å²) in [6.45, 7) is 2.59. The number of hydrogen-bond donors (Lipinski definition) is 1. The van der Waals surface area contributed by atoms with Crippen LogP contribution in [0.5, 0.6) is 0 Å². The zero-order valence-corrected chi connectivity index (χ0v) is 15.9. The molecule has 4 rings (SSSR count). The van der Waals surface area contributed by atoms with Gasteiger partial charge in [-0.1, -0.05) is 42.1 Å². The van der Waals surface area contributed by atoms with Gasteiger partial charge in [-0.05, 0) is 31.2 Å². The number of hydrogen-bond acceptors (Lipinski definition) is 5. The van der Waals surface area contributed by atoms with Gasteiger partial charge in [-0.25, -0.2) is 4.39 Å². The van der Waals surface area contributed by atoms with E-state index in [0.29, 0.717) is 23.3 Å². The molecule has 0 unspecified atom stereocenters. The maximum Gasteiger partial charge on any atom is 0.234 e. The molecule has 142 valence electrons. The van der Waals surface area contributed by atoms with Crippen molar-refractivity contribution in [2.75, 3.05) is 11.1 Å². The van der Waals surface area contributed by atoms with Gasteiger partial charge in [-0.15, -0.1) is 10.2 Å². The summed E-state index contributed by atoms with van der Waals surface area (Å²) in [5, 5.41) is 12.6. The molecule has 6 nitrogen and oxygen atoms in total. The third-order valence-electron chi connectivity index (χ3n) is 4.16. The summed E-state index contributed by atoms with van der Waals surface area (Å²) in [6.07, 6.45) is 0. The number of nitrogens with zero attached hydrogens (tertiary/aromatic N) is 3. The number of benzene rings is 2. The molecule has 1 amide bonds. The van der Waals surface area contributed by atoms with Crippen molar-refractivity contribution >= 4 is 34.3 Å². The molecule has 0 atom stereocenters. The van der Waals surface area contributed by atoms with Crippen LogP contribution in [0.25, 0.3) is 22.6 Å². The van der Waals surface area contributed by atoms with E-state index in [0.717, 1.165) is 11.0 Å². The molecule has 28 heavy (non-hydrogen) atoms. The minimum absolute atomic E-state index is 0.0899. The second kappa shape index (κ2) is 7.85. The summed E-state index contributed by atoms with van der Waals surface area (Å²) in [4.78, 5) is 12.2. The summed E-state index contributed by atoms with van der Waals surface area (Å²) in [7, 11) is 0. The number of anilines is 1. The predicted molar refractivity (Wildman–Crippen MR) is 107 cm³/mol. The van der Waals surface area contributed by atoms with Crippen LogP contribution in [0.4, 0.5) is 10.1 Å². The highest BCUT2D eigenvalue weighted by molar-refractivity contribution is 7.99. The molecule has 0 saturated heterocycles. The van der Waals surface area contributed by atoms with E-state index in [1.807, 2.05) is 41.8 Å². The van der Waals surface area contributed by atoms with Gasteiger partial charge in [0.15, 0.2) is 10.9 Å². The maximum absolute atomic E-state index is 13.7. The van der Waals surface area contributed by atoms with Gasteiger partial charge >= 0.3 is 0 Å². The summed E-state index contributed by atoms with van der Waals surface area (Å²) in [5.41, 5.74) is 0.939. The predicted octanol–water partition coefficient (Wildman–Crippen LogP) is 4.58. The van der Waals surface area contributed by atoms with Crippen LogP contribution >= 0.6 is 11.8 Å². The number of nitrogens with one attached hydrogen (secondary N) is 1. The number of halogens is 1. The fourth-order valence-electron chi connectivity index (χ4n) is 2.83. The molecule has 0 aliphatic carbocycles. The molecule has 2 heterocycles. The van der Waals surface area contributed by atoms with Crippen LogP contribution < -0.4 is 5.32 Å². The van der Waals surface area contributed by atoms with E-state index < -0.39 is 5.82 Å². The summed E-state index contributed by atoms with van der Waals surface area (Å²) >= 11 is 1.24. The van der Waals surface area contributed by atoms with Crippen molar-refractivity contribution in [2.45, 2.75) is 18.6 Å². The van der Waals surface area contributed by atoms with Crippen LogP contribution in [0.15, 0.2) is 64.2 Å². The van der Waals surface area contributed by atoms with E-state index in [1.54, 1.807) is 12.1 Å². The molecule has 2 aromatic carbocycles. The minimum Gasteiger partial charge on any atom is -0.453 e. The highest BCUT2D eigenvalue weighted by Gasteiger charge is 2.18. The van der Waals surface area contributed by atoms with Gasteiger partial charge in [-0.2, -0.15) is 0 Å². The van der Waals surface area contributed by atoms with Crippen LogP contribution in [-0.2, 0) is 11.3 Å². The van der Waals surface area contributed by atoms with Crippen molar-refractivity contribution < 1.29 is 13.6 Å². The van der Waals surface area contributed by atoms with E-state index >= 15 is 0 Å². The molecule has 2 aromatic heterocycles. The topological polar surface area (TPSA) is 73.0 Å². The van der Waals surface area contributed by atoms with Gasteiger partial charge < -0.3 is 9.73 Å². The molecule has 0 bridgehead atoms. The van der Waals surface area contributed by atoms with Gasteiger partial charge in [0.1, 0.15) is 11.4 Å². The summed E-state index contributed by atoms with van der Waals surface area (Å²) < 4.78 is 21.4. The second-order valence-electron chi connectivity index (χ2n) is 6.02. The van der Waals surface area contributed by atoms with Gasteiger partial charge in [0.25, 0.3) is 0 Å². The fraction of sp³-hybridized carbons (Fsp3) is 0.150. The summed E-state index contributed by atoms with van der Waals surface area (Å²) in [5.74, 6) is 0.539. The maximum atomic E-state index is 13.7. The largest absolute Gasteiger partial charge is 0.453 e. The molecular formula is C20H17FN4O2S. The Bertz CT molecular complexity index is 1110. The number of furan rings is 1. The molecule has 0 fully saturated rings. The molecule has 0 saturated carbocycles. The molecule has 1 N–H and O–H groups in total. The van der Waals surface area contributed by atoms with Gasteiger partial charge in [0.05, 0.1) is 11.4 Å². The molecule has 4 aromatic rings. The van der Waals surface area contributed by atoms with Crippen molar-refractivity contribution in [2.24, 2.45) is 0 Å². The minimum atomic E-state index is -0.468. The van der Waals surface area contributed by atoms with Gasteiger partial charge in [0.2, 0.25) is 11.7 Å². The first-order chi connectivity index (χ1) is 13.7. The van der Waals surface area contributed by atoms with Crippen molar-refractivity contribution in [1.29, 1.82) is 0 Å². The van der Waals surface area contributed by atoms with Crippen LogP contribution in [0, 0.1) is 5.82 Å². The molecule has 0 radical (unpaired) electrons. The first kappa shape index (κ1) is 18.2. The van der Waals surface area contributed by atoms with Crippen LogP contribution in [0.1, 0.15) is 6.92 Å². The number of thioether (sulfide) groups is 1. The Morgan fingerprint density at radius 2 is 1.96 bits per heavy atom. The van der Waals surface area contributed by atoms with Crippen LogP contribution in [0.3, 0.4) is 0 Å². The third kappa shape index (κ3) is 3.63. The SMILES string of the molecule is CCn1c(SCC(=O)Nc2ccccc2F)nnc1-c1cc2ccccc2o1. The zero-order valence-electron chi connectivity index (χ0n) is 15.1. The number of fused-ring (bicyclic) bond motifs is 1. The lowest BCUT2D eigenvalue weighted by molar-refractivity contribution is -0.113. The molecule has 0 spiro atoms. The van der Waals surface area contributed by atoms with E-state index in [-0.39, 0.29) is 17.3 Å². The van der Waals surface area contributed by atoms with E-state index in [1.165, 1.54) is 23.9 Å². The highest BCUT2D eigenvalue weighted by atomic mass is 32.2. The molecule has 0 aliphatic rings. The fourth-order valence-corrected chi connectivity index (χ4v) is 3.64. The van der Waals surface area contributed by atoms with Crippen molar-refractivity contribution in [3.8, 4) is 11.6 Å². The summed E-state index contributed by atoms with van der Waals surface area (Å²) in [6, 6.07) is 15.7. The van der Waals surface area contributed by atoms with Crippen molar-refractivity contribution in [3.05, 3.63) is 60.4 Å². The lowest BCUT2D eigenvalue weighted by Gasteiger charge is -2.07. The molecule has 8 heteroatoms. The number of rotatable bonds is 6.